The lowest BCUT2D eigenvalue weighted by Crippen LogP contribution is -3.00. The van der Waals surface area contributed by atoms with E-state index in [9.17, 15) is 58.5 Å². The number of aliphatic hydroxyl groups is 3. The number of rotatable bonds is 27. The number of aliphatic hydroxyl groups excluding tert-OH is 3. The molecule has 27 N–H and O–H groups in total. The molecule has 0 aromatic rings. The number of ether oxygens (including phenoxy) is 3. The van der Waals surface area contributed by atoms with E-state index in [2.05, 4.69) is 115 Å². The molecule has 27 atom stereocenters. The number of hydrogen-bond donors (Lipinski definition) is 9. The minimum atomic E-state index is -0.679. The zero-order chi connectivity index (χ0) is 88.7. The second-order valence-corrected chi connectivity index (χ2v) is 47.6. The molecular weight excluding hydrogens is 1740 g/mol. The van der Waals surface area contributed by atoms with Crippen LogP contribution in [0.3, 0.4) is 0 Å². The number of nitrogens with one attached hydrogen (secondary N) is 3. The molecule has 6 bridgehead atoms. The Morgan fingerprint density at radius 2 is 0.611 bits per heavy atom. The molecule has 9 fully saturated rings. The maximum atomic E-state index is 13.5. The molecule has 0 unspecified atom stereocenters. The number of carbonyl (C=O) groups excluding carboxylic acids is 9. The average molecular weight is 1910 g/mol. The Bertz CT molecular complexity index is 3300. The van der Waals surface area contributed by atoms with Crippen LogP contribution in [0.1, 0.15) is 262 Å². The highest BCUT2D eigenvalue weighted by molar-refractivity contribution is 8.01. The van der Waals surface area contributed by atoms with Crippen LogP contribution in [0.25, 0.3) is 0 Å². The molecule has 0 aliphatic heterocycles. The van der Waals surface area contributed by atoms with Crippen molar-refractivity contribution < 1.29 is 160 Å². The first-order chi connectivity index (χ1) is 53.8. The molecule has 126 heavy (non-hydrogen) atoms. The molecule has 0 heterocycles. The van der Waals surface area contributed by atoms with Crippen molar-refractivity contribution in [1.29, 1.82) is 0 Å². The molecular formula is C93H171Cl3N6O21S3. The van der Waals surface area contributed by atoms with Crippen LogP contribution < -0.4 is 70.4 Å². The van der Waals surface area contributed by atoms with Crippen LogP contribution >= 0.6 is 35.3 Å². The van der Waals surface area contributed by atoms with Gasteiger partial charge in [-0.15, -0.1) is 55.0 Å². The molecule has 33 heteroatoms. The summed E-state index contributed by atoms with van der Waals surface area (Å²) in [6.07, 6.45) is 12.7. The summed E-state index contributed by atoms with van der Waals surface area (Å²) >= 11 is 4.35. The molecule has 9 aliphatic carbocycles. The van der Waals surface area contributed by atoms with E-state index in [1.165, 1.54) is 35.3 Å². The molecule has 738 valence electrons. The number of quaternary nitrogens is 3. The third-order valence-corrected chi connectivity index (χ3v) is 36.9. The second-order valence-electron chi connectivity index (χ2n) is 42.5. The summed E-state index contributed by atoms with van der Waals surface area (Å²) in [6.45, 7) is 62.7. The van der Waals surface area contributed by atoms with Crippen LogP contribution in [0.4, 0.5) is 0 Å². The summed E-state index contributed by atoms with van der Waals surface area (Å²) in [5, 5.41) is 43.9. The van der Waals surface area contributed by atoms with E-state index in [4.69, 9.17) is 14.2 Å². The van der Waals surface area contributed by atoms with Gasteiger partial charge in [-0.3, -0.25) is 43.2 Å². The first kappa shape index (κ1) is 127. The van der Waals surface area contributed by atoms with Gasteiger partial charge in [-0.25, -0.2) is 0 Å². The summed E-state index contributed by atoms with van der Waals surface area (Å²) in [4.78, 5) is 118. The Morgan fingerprint density at radius 3 is 0.794 bits per heavy atom. The van der Waals surface area contributed by atoms with Gasteiger partial charge in [-0.2, -0.15) is 0 Å². The van der Waals surface area contributed by atoms with Gasteiger partial charge in [0.2, 0.25) is 0 Å². The molecule has 0 radical (unpaired) electrons. The van der Waals surface area contributed by atoms with Crippen molar-refractivity contribution in [2.45, 2.75) is 331 Å². The molecule has 0 aromatic carbocycles. The Morgan fingerprint density at radius 1 is 0.413 bits per heavy atom. The first-order valence-electron chi connectivity index (χ1n) is 44.2. The van der Waals surface area contributed by atoms with Crippen molar-refractivity contribution in [3.8, 4) is 0 Å². The molecule has 3 amide bonds. The zero-order valence-corrected chi connectivity index (χ0v) is 85.3. The normalized spacial score (nSPS) is 36.5. The Labute approximate surface area is 785 Å². The van der Waals surface area contributed by atoms with Crippen LogP contribution in [-0.4, -0.2) is 207 Å². The topological polar surface area (TPSA) is 550 Å². The van der Waals surface area contributed by atoms with Crippen LogP contribution in [0.15, 0.2) is 38.0 Å². The number of Topliss-reactive ketones (excluding diaryl/α,β-unsaturated/α-hetero) is 3. The lowest BCUT2D eigenvalue weighted by atomic mass is 9.44. The summed E-state index contributed by atoms with van der Waals surface area (Å²) in [6, 6.07) is -0.970. The van der Waals surface area contributed by atoms with E-state index in [1.807, 2.05) is 122 Å². The fourth-order valence-corrected chi connectivity index (χ4v) is 25.5. The first-order valence-corrected chi connectivity index (χ1v) is 47.2. The summed E-state index contributed by atoms with van der Waals surface area (Å²) in [5.41, 5.74) is 7.46. The monoisotopic (exact) mass is 1910 g/mol. The molecule has 9 rings (SSSR count). The van der Waals surface area contributed by atoms with E-state index in [0.717, 1.165) is 57.8 Å². The highest BCUT2D eigenvalue weighted by Gasteiger charge is 2.72. The third-order valence-electron chi connectivity index (χ3n) is 33.0. The van der Waals surface area contributed by atoms with Gasteiger partial charge in [0.25, 0.3) is 17.7 Å². The minimum absolute atomic E-state index is 0. The van der Waals surface area contributed by atoms with E-state index >= 15 is 0 Å². The molecule has 9 saturated carbocycles. The lowest BCUT2D eigenvalue weighted by Gasteiger charge is -2.61. The van der Waals surface area contributed by atoms with Gasteiger partial charge < -0.3 is 133 Å². The maximum absolute atomic E-state index is 13.5. The Balaban J connectivity index is -0.00000174. The number of amides is 3. The quantitative estimate of drug-likeness (QED) is 0.0232. The molecule has 9 aliphatic rings. The van der Waals surface area contributed by atoms with Crippen LogP contribution in [0, 0.1) is 120 Å². The highest BCUT2D eigenvalue weighted by Crippen LogP contribution is 2.72. The van der Waals surface area contributed by atoms with Gasteiger partial charge >= 0.3 is 17.9 Å². The smallest absolute Gasteiger partial charge is 0.316 e. The number of carbonyl (C=O) groups is 9. The second kappa shape index (κ2) is 48.1. The highest BCUT2D eigenvalue weighted by atomic mass is 35.5. The van der Waals surface area contributed by atoms with Gasteiger partial charge in [0.1, 0.15) is 35.7 Å². The van der Waals surface area contributed by atoms with E-state index in [1.54, 1.807) is 0 Å². The maximum Gasteiger partial charge on any atom is 0.316 e. The number of thioether (sulfide) groups is 3. The van der Waals surface area contributed by atoms with E-state index in [0.29, 0.717) is 58.2 Å². The van der Waals surface area contributed by atoms with Crippen molar-refractivity contribution in [2.75, 3.05) is 36.9 Å². The predicted octanol–water partition coefficient (Wildman–Crippen LogP) is -2.57. The lowest BCUT2D eigenvalue weighted by molar-refractivity contribution is -0.414. The fourth-order valence-electron chi connectivity index (χ4n) is 23.2. The van der Waals surface area contributed by atoms with Gasteiger partial charge in [0.15, 0.2) is 18.1 Å². The SMILES string of the molecule is C=C[C@]1(C)C[C@@H](OC(=O)CSC(C)(C)CNC(=O)[C@H]([NH3+])C(C)C)[C@]2(C)[C@H](C)CC[C@]3(CCC(=O)[C@H]32)[C@@H](C)[C@@H]1O.C=C[C@]1(C)C[C@@H](OC(=O)CSC(C)(C)CNC(=O)[C@H]([NH3+])C(C)C)[C@]2(C)[C@H](C)CC[C@]3(CCC(=O)[C@H]32)[C@@H](C)[C@@H]1O.C=C[C@]1(C)C[C@@H](OC(=O)CSC(C)(C)CNC(=O)[C@H]([NH3+])C(C)C)[C@]2(C)[C@H](C)CC[C@]3(CCC(=O)[C@H]32)[C@@H](C)[C@@H]1O.O.O.O.O.O.O.[Cl-].[Cl-].[Cl-]. The Hall–Kier alpha value is -3.51. The molecule has 0 spiro atoms. The van der Waals surface area contributed by atoms with Gasteiger partial charge in [-0.05, 0) is 170 Å². The Kier molecular flexibility index (Phi) is 48.3. The standard InChI is InChI=1S/3C31H52N2O5S.3ClH.6H2O/c3*1-10-29(8)15-22(38-23(35)16-39-28(6,7)17-33-27(37)24(32)18(2)3)30(9)19(4)11-13-31(20(5)26(29)36)14-12-21(34)25(30)31;;;;;;;;;/h3*10,18-20,22,24-26,36H,1,11-17,32H2,2-9H3,(H,33,37);3*1H;6*1H2/t3*19-,20+,22-,24-,25+,26+,29-,30+,31+;;;;;;;;;/m111........./s1. The number of esters is 3. The van der Waals surface area contributed by atoms with Gasteiger partial charge in [0.05, 0.1) is 35.6 Å². The summed E-state index contributed by atoms with van der Waals surface area (Å²) in [5.74, 6) is 0.0869. The van der Waals surface area contributed by atoms with Gasteiger partial charge in [-0.1, -0.05) is 143 Å². The van der Waals surface area contributed by atoms with E-state index in [-0.39, 0.29) is 260 Å². The summed E-state index contributed by atoms with van der Waals surface area (Å²) in [7, 11) is 0. The fraction of sp³-hybridized carbons (Fsp3) is 0.839. The number of halogens is 3. The molecule has 0 saturated heterocycles. The molecule has 27 nitrogen and oxygen atoms in total. The van der Waals surface area contributed by atoms with Crippen LogP contribution in [-0.2, 0) is 57.4 Å². The van der Waals surface area contributed by atoms with E-state index < -0.39 is 69.1 Å². The number of ketones is 3. The average Bonchev–Trinajstić information content (AvgIpc) is 1.47. The predicted molar refractivity (Wildman–Crippen MR) is 489 cm³/mol. The largest absolute Gasteiger partial charge is 1.00 e. The summed E-state index contributed by atoms with van der Waals surface area (Å²) < 4.78 is 17.9. The van der Waals surface area contributed by atoms with Crippen molar-refractivity contribution in [1.82, 2.24) is 16.0 Å². The minimum Gasteiger partial charge on any atom is -1.00 e. The van der Waals surface area contributed by atoms with Crippen molar-refractivity contribution in [3.63, 3.8) is 0 Å². The van der Waals surface area contributed by atoms with Gasteiger partial charge in [0, 0.05) is 121 Å². The molecule has 0 aromatic heterocycles. The third kappa shape index (κ3) is 25.4. The van der Waals surface area contributed by atoms with Crippen LogP contribution in [0.2, 0.25) is 0 Å². The van der Waals surface area contributed by atoms with Crippen molar-refractivity contribution in [3.05, 3.63) is 38.0 Å². The number of hydrogen-bond acceptors (Lipinski definition) is 18. The van der Waals surface area contributed by atoms with Crippen molar-refractivity contribution >= 4 is 88.3 Å². The van der Waals surface area contributed by atoms with Crippen molar-refractivity contribution in [2.24, 2.45) is 120 Å². The van der Waals surface area contributed by atoms with Crippen LogP contribution in [0.5, 0.6) is 0 Å². The zero-order valence-electron chi connectivity index (χ0n) is 80.5.